The minimum Gasteiger partial charge on any atom is -0.451 e. The minimum atomic E-state index is -0.522. The molecule has 0 bridgehead atoms. The number of ether oxygens (including phenoxy) is 1. The van der Waals surface area contributed by atoms with Gasteiger partial charge in [-0.3, -0.25) is 9.59 Å². The summed E-state index contributed by atoms with van der Waals surface area (Å²) in [5.41, 5.74) is -0.243. The van der Waals surface area contributed by atoms with Crippen molar-refractivity contribution in [1.29, 1.82) is 0 Å². The molecule has 0 aliphatic carbocycles. The van der Waals surface area contributed by atoms with E-state index >= 15 is 0 Å². The van der Waals surface area contributed by atoms with E-state index < -0.39 is 11.2 Å². The highest BCUT2D eigenvalue weighted by molar-refractivity contribution is 7.09. The lowest BCUT2D eigenvalue weighted by atomic mass is 10.2. The Morgan fingerprint density at radius 2 is 2.19 bits per heavy atom. The van der Waals surface area contributed by atoms with Crippen molar-refractivity contribution in [3.63, 3.8) is 0 Å². The smallest absolute Gasteiger partial charge is 0.290 e. The average molecular weight is 387 g/mol. The maximum absolute atomic E-state index is 13.4. The summed E-state index contributed by atoms with van der Waals surface area (Å²) in [5, 5.41) is 2.07. The lowest BCUT2D eigenvalue weighted by Gasteiger charge is -2.24. The van der Waals surface area contributed by atoms with Crippen LogP contribution in [0.2, 0.25) is 0 Å². The fraction of sp³-hybridized carbons (Fsp3) is 0.300. The number of nitrogens with zero attached hydrogens (tertiary/aromatic N) is 1. The lowest BCUT2D eigenvalue weighted by molar-refractivity contribution is 0.0486. The van der Waals surface area contributed by atoms with Crippen LogP contribution < -0.4 is 5.43 Å². The summed E-state index contributed by atoms with van der Waals surface area (Å²) < 4.78 is 24.7. The van der Waals surface area contributed by atoms with Crippen LogP contribution in [0.1, 0.15) is 28.3 Å². The van der Waals surface area contributed by atoms with Crippen molar-refractivity contribution >= 4 is 28.2 Å². The zero-order chi connectivity index (χ0) is 18.8. The van der Waals surface area contributed by atoms with Gasteiger partial charge < -0.3 is 14.1 Å². The van der Waals surface area contributed by atoms with Gasteiger partial charge in [-0.25, -0.2) is 4.39 Å². The highest BCUT2D eigenvalue weighted by Gasteiger charge is 2.26. The number of hydrogen-bond donors (Lipinski definition) is 0. The van der Waals surface area contributed by atoms with Crippen LogP contribution in [0.3, 0.4) is 0 Å². The van der Waals surface area contributed by atoms with Crippen LogP contribution >= 0.6 is 11.3 Å². The van der Waals surface area contributed by atoms with Crippen LogP contribution in [-0.4, -0.2) is 30.1 Å². The van der Waals surface area contributed by atoms with Crippen molar-refractivity contribution < 1.29 is 18.3 Å². The molecule has 7 heteroatoms. The number of amides is 1. The molecule has 140 valence electrons. The Kier molecular flexibility index (Phi) is 5.05. The minimum absolute atomic E-state index is 0.0183. The molecule has 0 saturated carbocycles. The first kappa shape index (κ1) is 17.9. The molecule has 5 nitrogen and oxygen atoms in total. The van der Waals surface area contributed by atoms with Gasteiger partial charge in [0.05, 0.1) is 18.0 Å². The average Bonchev–Trinajstić information content (AvgIpc) is 3.35. The van der Waals surface area contributed by atoms with Crippen LogP contribution in [0, 0.1) is 5.82 Å². The number of benzene rings is 1. The number of rotatable bonds is 5. The highest BCUT2D eigenvalue weighted by atomic mass is 32.1. The molecule has 0 N–H and O–H groups in total. The molecule has 3 heterocycles. The number of carbonyl (C=O) groups is 1. The van der Waals surface area contributed by atoms with E-state index in [1.807, 2.05) is 17.5 Å². The molecule has 27 heavy (non-hydrogen) atoms. The monoisotopic (exact) mass is 387 g/mol. The van der Waals surface area contributed by atoms with E-state index in [1.165, 1.54) is 12.1 Å². The van der Waals surface area contributed by atoms with E-state index in [0.717, 1.165) is 29.9 Å². The van der Waals surface area contributed by atoms with Gasteiger partial charge in [0.25, 0.3) is 5.91 Å². The van der Waals surface area contributed by atoms with Gasteiger partial charge in [0.2, 0.25) is 0 Å². The number of carbonyl (C=O) groups excluding carboxylic acids is 1. The van der Waals surface area contributed by atoms with Gasteiger partial charge in [0, 0.05) is 24.1 Å². The molecule has 1 saturated heterocycles. The summed E-state index contributed by atoms with van der Waals surface area (Å²) in [4.78, 5) is 28.1. The van der Waals surface area contributed by atoms with E-state index in [-0.39, 0.29) is 28.7 Å². The number of thiophene rings is 1. The molecule has 4 rings (SSSR count). The van der Waals surface area contributed by atoms with Crippen molar-refractivity contribution in [3.05, 3.63) is 68.5 Å². The highest BCUT2D eigenvalue weighted by Crippen LogP contribution is 2.20. The van der Waals surface area contributed by atoms with E-state index in [1.54, 1.807) is 16.2 Å². The van der Waals surface area contributed by atoms with E-state index in [0.29, 0.717) is 19.7 Å². The quantitative estimate of drug-likeness (QED) is 0.668. The Hall–Kier alpha value is -2.51. The fourth-order valence-corrected chi connectivity index (χ4v) is 3.95. The molecular formula is C20H18FNO4S. The van der Waals surface area contributed by atoms with Gasteiger partial charge in [-0.15, -0.1) is 11.3 Å². The predicted octanol–water partition coefficient (Wildman–Crippen LogP) is 3.82. The summed E-state index contributed by atoms with van der Waals surface area (Å²) in [7, 11) is 0. The van der Waals surface area contributed by atoms with Crippen molar-refractivity contribution in [3.8, 4) is 0 Å². The lowest BCUT2D eigenvalue weighted by Crippen LogP contribution is -2.37. The van der Waals surface area contributed by atoms with Crippen LogP contribution in [-0.2, 0) is 11.3 Å². The molecular weight excluding hydrogens is 369 g/mol. The molecule has 1 fully saturated rings. The Morgan fingerprint density at radius 3 is 2.93 bits per heavy atom. The molecule has 0 spiro atoms. The second-order valence-corrected chi connectivity index (χ2v) is 7.55. The van der Waals surface area contributed by atoms with Gasteiger partial charge >= 0.3 is 0 Å². The van der Waals surface area contributed by atoms with Crippen LogP contribution in [0.5, 0.6) is 0 Å². The number of halogens is 1. The maximum atomic E-state index is 13.4. The summed E-state index contributed by atoms with van der Waals surface area (Å²) in [5.74, 6) is -0.942. The molecule has 1 amide bonds. The third-order valence-corrected chi connectivity index (χ3v) is 5.42. The van der Waals surface area contributed by atoms with Gasteiger partial charge in [-0.1, -0.05) is 6.07 Å². The number of hydrogen-bond acceptors (Lipinski definition) is 5. The van der Waals surface area contributed by atoms with Gasteiger partial charge in [0.1, 0.15) is 11.4 Å². The Bertz CT molecular complexity index is 1010. The summed E-state index contributed by atoms with van der Waals surface area (Å²) in [6.45, 7) is 1.55. The molecule has 1 aliphatic rings. The second kappa shape index (κ2) is 7.62. The van der Waals surface area contributed by atoms with Crippen LogP contribution in [0.15, 0.2) is 51.0 Å². The van der Waals surface area contributed by atoms with Crippen molar-refractivity contribution in [2.24, 2.45) is 0 Å². The first-order valence-electron chi connectivity index (χ1n) is 8.77. The van der Waals surface area contributed by atoms with Gasteiger partial charge in [-0.05, 0) is 42.5 Å². The first-order chi connectivity index (χ1) is 13.1. The predicted molar refractivity (Wildman–Crippen MR) is 100 cm³/mol. The SMILES string of the molecule is O=C(c1cc(=O)c2cc(F)ccc2o1)N(Cc1cccs1)CC1CCCO1. The zero-order valence-corrected chi connectivity index (χ0v) is 15.3. The Labute approximate surface area is 159 Å². The normalized spacial score (nSPS) is 16.7. The van der Waals surface area contributed by atoms with E-state index in [9.17, 15) is 14.0 Å². The van der Waals surface area contributed by atoms with Crippen molar-refractivity contribution in [1.82, 2.24) is 4.90 Å². The van der Waals surface area contributed by atoms with E-state index in [4.69, 9.17) is 9.15 Å². The van der Waals surface area contributed by atoms with Gasteiger partial charge in [-0.2, -0.15) is 0 Å². The topological polar surface area (TPSA) is 59.8 Å². The molecule has 2 aromatic heterocycles. The largest absolute Gasteiger partial charge is 0.451 e. The van der Waals surface area contributed by atoms with E-state index in [2.05, 4.69) is 0 Å². The Balaban J connectivity index is 1.66. The van der Waals surface area contributed by atoms with Crippen LogP contribution in [0.25, 0.3) is 11.0 Å². The molecule has 3 aromatic rings. The summed E-state index contributed by atoms with van der Waals surface area (Å²) in [6, 6.07) is 8.72. The molecule has 1 unspecified atom stereocenters. The molecule has 1 aromatic carbocycles. The first-order valence-corrected chi connectivity index (χ1v) is 9.65. The molecule has 1 aliphatic heterocycles. The second-order valence-electron chi connectivity index (χ2n) is 6.52. The molecule has 0 radical (unpaired) electrons. The van der Waals surface area contributed by atoms with Crippen molar-refractivity contribution in [2.45, 2.75) is 25.5 Å². The van der Waals surface area contributed by atoms with Crippen molar-refractivity contribution in [2.75, 3.05) is 13.2 Å². The zero-order valence-electron chi connectivity index (χ0n) is 14.5. The third kappa shape index (κ3) is 3.94. The standard InChI is InChI=1S/C20H18FNO4S/c21-13-5-6-18-16(9-13)17(23)10-19(26-18)20(24)22(11-14-3-1-7-25-14)12-15-4-2-8-27-15/h2,4-6,8-10,14H,1,3,7,11-12H2. The van der Waals surface area contributed by atoms with Crippen LogP contribution in [0.4, 0.5) is 4.39 Å². The number of fused-ring (bicyclic) bond motifs is 1. The maximum Gasteiger partial charge on any atom is 0.290 e. The molecule has 1 atom stereocenters. The fourth-order valence-electron chi connectivity index (χ4n) is 3.23. The van der Waals surface area contributed by atoms with Gasteiger partial charge in [0.15, 0.2) is 11.2 Å². The summed E-state index contributed by atoms with van der Waals surface area (Å²) in [6.07, 6.45) is 1.85. The summed E-state index contributed by atoms with van der Waals surface area (Å²) >= 11 is 1.56. The third-order valence-electron chi connectivity index (χ3n) is 4.56. The Morgan fingerprint density at radius 1 is 1.30 bits per heavy atom.